The highest BCUT2D eigenvalue weighted by Gasteiger charge is 2.22. The Kier molecular flexibility index (Phi) is 7.58. The van der Waals surface area contributed by atoms with Gasteiger partial charge in [-0.1, -0.05) is 54.1 Å². The molecule has 0 fully saturated rings. The van der Waals surface area contributed by atoms with Crippen molar-refractivity contribution in [3.8, 4) is 28.8 Å². The van der Waals surface area contributed by atoms with E-state index < -0.39 is 14.7 Å². The summed E-state index contributed by atoms with van der Waals surface area (Å²) in [5.41, 5.74) is 3.75. The minimum Gasteiger partial charge on any atom is -0.489 e. The van der Waals surface area contributed by atoms with Gasteiger partial charge in [0, 0.05) is 22.9 Å². The largest absolute Gasteiger partial charge is 0.489 e. The molecule has 0 N–H and O–H groups in total. The van der Waals surface area contributed by atoms with Crippen molar-refractivity contribution in [2.75, 3.05) is 0 Å². The molecular weight excluding hydrogens is 525 g/mol. The number of nitrogens with zero attached hydrogens (tertiary/aromatic N) is 3. The van der Waals surface area contributed by atoms with E-state index in [1.54, 1.807) is 65.5 Å². The van der Waals surface area contributed by atoms with Crippen LogP contribution >= 0.6 is 0 Å². The first-order valence-electron chi connectivity index (χ1n) is 12.4. The van der Waals surface area contributed by atoms with Crippen molar-refractivity contribution >= 4 is 15.9 Å². The zero-order valence-corrected chi connectivity index (χ0v) is 22.3. The molecule has 0 bridgehead atoms. The maximum atomic E-state index is 13.9. The number of aromatic nitrogens is 2. The third-order valence-corrected chi connectivity index (χ3v) is 7.94. The summed E-state index contributed by atoms with van der Waals surface area (Å²) < 4.78 is 47.9. The van der Waals surface area contributed by atoms with Gasteiger partial charge in [0.2, 0.25) is 9.84 Å². The molecule has 40 heavy (non-hydrogen) atoms. The lowest BCUT2D eigenvalue weighted by Gasteiger charge is -2.08. The topological polar surface area (TPSA) is 85.0 Å². The molecule has 0 atom stereocenters. The van der Waals surface area contributed by atoms with Crippen LogP contribution in [0.3, 0.4) is 0 Å². The minimum absolute atomic E-state index is 0.0410. The number of hydrogen-bond acceptors (Lipinski definition) is 5. The first-order valence-corrected chi connectivity index (χ1v) is 13.9. The summed E-state index contributed by atoms with van der Waals surface area (Å²) >= 11 is 0. The van der Waals surface area contributed by atoms with E-state index in [0.717, 1.165) is 11.3 Å². The fourth-order valence-electron chi connectivity index (χ4n) is 4.07. The van der Waals surface area contributed by atoms with Crippen LogP contribution in [0.5, 0.6) is 5.75 Å². The van der Waals surface area contributed by atoms with Crippen LogP contribution < -0.4 is 4.74 Å². The van der Waals surface area contributed by atoms with Crippen molar-refractivity contribution in [2.45, 2.75) is 18.4 Å². The van der Waals surface area contributed by atoms with Crippen molar-refractivity contribution in [1.82, 2.24) is 9.78 Å². The van der Waals surface area contributed by atoms with Crippen LogP contribution in [-0.2, 0) is 16.4 Å². The van der Waals surface area contributed by atoms with Crippen molar-refractivity contribution < 1.29 is 17.5 Å². The summed E-state index contributed by atoms with van der Waals surface area (Å²) in [6.07, 6.45) is 3.04. The highest BCUT2D eigenvalue weighted by atomic mass is 32.2. The van der Waals surface area contributed by atoms with Gasteiger partial charge in [0.15, 0.2) is 0 Å². The molecule has 1 aromatic heterocycles. The standard InChI is InChI=1S/C32H24FN3O3S/c1-23-11-17-29(18-12-23)40(37,38)30(20-34)19-26-21-36(27-8-3-2-4-9-27)35-32(26)24-13-15-28(16-14-24)39-22-25-7-5-6-10-31(25)33/h2-19,21H,22H2,1H3. The fraction of sp³-hybridized carbons (Fsp3) is 0.0625. The van der Waals surface area contributed by atoms with Crippen LogP contribution in [0.25, 0.3) is 23.0 Å². The second kappa shape index (κ2) is 11.4. The zero-order chi connectivity index (χ0) is 28.1. The second-order valence-electron chi connectivity index (χ2n) is 9.05. The predicted octanol–water partition coefficient (Wildman–Crippen LogP) is 6.90. The van der Waals surface area contributed by atoms with Gasteiger partial charge in [-0.05, 0) is 67.6 Å². The normalized spacial score (nSPS) is 11.7. The molecule has 5 aromatic rings. The lowest BCUT2D eigenvalue weighted by molar-refractivity contribution is 0.300. The Bertz CT molecular complexity index is 1820. The number of nitriles is 1. The Hall–Kier alpha value is -5.00. The molecule has 0 spiro atoms. The zero-order valence-electron chi connectivity index (χ0n) is 21.5. The summed E-state index contributed by atoms with van der Waals surface area (Å²) in [7, 11) is -4.05. The average molecular weight is 550 g/mol. The van der Waals surface area contributed by atoms with Gasteiger partial charge in [-0.2, -0.15) is 10.4 Å². The van der Waals surface area contributed by atoms with Crippen LogP contribution in [0.2, 0.25) is 0 Å². The number of sulfone groups is 1. The smallest absolute Gasteiger partial charge is 0.216 e. The number of halogens is 1. The average Bonchev–Trinajstić information content (AvgIpc) is 3.40. The van der Waals surface area contributed by atoms with E-state index in [-0.39, 0.29) is 17.3 Å². The summed E-state index contributed by atoms with van der Waals surface area (Å²) in [5.74, 6) is 0.196. The van der Waals surface area contributed by atoms with Gasteiger partial charge in [-0.3, -0.25) is 0 Å². The highest BCUT2D eigenvalue weighted by Crippen LogP contribution is 2.30. The molecule has 5 rings (SSSR count). The Labute approximate surface area is 232 Å². The number of aryl methyl sites for hydroxylation is 1. The lowest BCUT2D eigenvalue weighted by Crippen LogP contribution is -2.03. The molecule has 1 heterocycles. The third-order valence-electron chi connectivity index (χ3n) is 6.26. The molecule has 0 aliphatic carbocycles. The Morgan fingerprint density at radius 1 is 0.950 bits per heavy atom. The summed E-state index contributed by atoms with van der Waals surface area (Å²) in [6, 6.07) is 31.1. The molecule has 0 saturated heterocycles. The van der Waals surface area contributed by atoms with Crippen molar-refractivity contribution in [3.05, 3.63) is 137 Å². The number of para-hydroxylation sites is 1. The Morgan fingerprint density at radius 3 is 2.30 bits per heavy atom. The first-order chi connectivity index (χ1) is 19.3. The van der Waals surface area contributed by atoms with Gasteiger partial charge in [0.1, 0.15) is 34.8 Å². The molecule has 0 unspecified atom stereocenters. The van der Waals surface area contributed by atoms with Crippen LogP contribution in [0, 0.1) is 24.1 Å². The van der Waals surface area contributed by atoms with E-state index in [0.29, 0.717) is 28.1 Å². The van der Waals surface area contributed by atoms with E-state index in [2.05, 4.69) is 0 Å². The number of benzene rings is 4. The first kappa shape index (κ1) is 26.6. The van der Waals surface area contributed by atoms with Crippen LogP contribution in [0.15, 0.2) is 119 Å². The van der Waals surface area contributed by atoms with Gasteiger partial charge in [-0.25, -0.2) is 17.5 Å². The molecular formula is C32H24FN3O3S. The van der Waals surface area contributed by atoms with Crippen LogP contribution in [-0.4, -0.2) is 18.2 Å². The fourth-order valence-corrected chi connectivity index (χ4v) is 5.22. The number of allylic oxidation sites excluding steroid dienone is 1. The molecule has 0 aliphatic heterocycles. The van der Waals surface area contributed by atoms with Gasteiger partial charge in [0.25, 0.3) is 0 Å². The maximum Gasteiger partial charge on any atom is 0.216 e. The quantitative estimate of drug-likeness (QED) is 0.197. The van der Waals surface area contributed by atoms with Gasteiger partial charge < -0.3 is 4.74 Å². The van der Waals surface area contributed by atoms with E-state index in [1.165, 1.54) is 24.3 Å². The molecule has 8 heteroatoms. The summed E-state index contributed by atoms with van der Waals surface area (Å²) in [6.45, 7) is 1.93. The molecule has 0 saturated carbocycles. The van der Waals surface area contributed by atoms with Crippen LogP contribution in [0.1, 0.15) is 16.7 Å². The van der Waals surface area contributed by atoms with E-state index >= 15 is 0 Å². The van der Waals surface area contributed by atoms with Crippen molar-refractivity contribution in [1.29, 1.82) is 5.26 Å². The predicted molar refractivity (Wildman–Crippen MR) is 152 cm³/mol. The van der Waals surface area contributed by atoms with Gasteiger partial charge in [-0.15, -0.1) is 0 Å². The molecule has 0 radical (unpaired) electrons. The van der Waals surface area contributed by atoms with Crippen molar-refractivity contribution in [3.63, 3.8) is 0 Å². The number of hydrogen-bond donors (Lipinski definition) is 0. The lowest BCUT2D eigenvalue weighted by atomic mass is 10.1. The molecule has 6 nitrogen and oxygen atoms in total. The van der Waals surface area contributed by atoms with Gasteiger partial charge >= 0.3 is 0 Å². The van der Waals surface area contributed by atoms with E-state index in [1.807, 2.05) is 43.3 Å². The molecule has 198 valence electrons. The molecule has 4 aromatic carbocycles. The second-order valence-corrected chi connectivity index (χ2v) is 11.0. The maximum absolute atomic E-state index is 13.9. The van der Waals surface area contributed by atoms with Crippen LogP contribution in [0.4, 0.5) is 4.39 Å². The summed E-state index contributed by atoms with van der Waals surface area (Å²) in [4.78, 5) is -0.352. The van der Waals surface area contributed by atoms with Gasteiger partial charge in [0.05, 0.1) is 10.6 Å². The number of rotatable bonds is 8. The summed E-state index contributed by atoms with van der Waals surface area (Å²) in [5, 5.41) is 14.6. The highest BCUT2D eigenvalue weighted by molar-refractivity contribution is 7.95. The Morgan fingerprint density at radius 2 is 1.62 bits per heavy atom. The monoisotopic (exact) mass is 549 g/mol. The van der Waals surface area contributed by atoms with Crippen molar-refractivity contribution in [2.24, 2.45) is 0 Å². The molecule has 0 aliphatic rings. The minimum atomic E-state index is -4.05. The Balaban J connectivity index is 1.52. The molecule has 0 amide bonds. The number of ether oxygens (including phenoxy) is 1. The van der Waals surface area contributed by atoms with E-state index in [4.69, 9.17) is 9.84 Å². The van der Waals surface area contributed by atoms with E-state index in [9.17, 15) is 18.1 Å². The third kappa shape index (κ3) is 5.70. The SMILES string of the molecule is Cc1ccc(S(=O)(=O)C(C#N)=Cc2cn(-c3ccccc3)nc2-c2ccc(OCc3ccccc3F)cc2)cc1.